The molecule has 5 rings (SSSR count). The molecule has 2 aromatic carbocycles. The van der Waals surface area contributed by atoms with Crippen LogP contribution in [0.2, 0.25) is 5.02 Å². The molecule has 1 aliphatic rings. The van der Waals surface area contributed by atoms with Crippen molar-refractivity contribution in [2.24, 2.45) is 0 Å². The fourth-order valence-corrected chi connectivity index (χ4v) is 4.47. The van der Waals surface area contributed by atoms with Gasteiger partial charge < -0.3 is 10.6 Å². The highest BCUT2D eigenvalue weighted by Gasteiger charge is 2.42. The fraction of sp³-hybridized carbons (Fsp3) is 0.200. The highest BCUT2D eigenvalue weighted by Crippen LogP contribution is 2.42. The van der Waals surface area contributed by atoms with E-state index in [1.54, 1.807) is 10.9 Å². The number of hydrogen-bond donors (Lipinski definition) is 2. The van der Waals surface area contributed by atoms with Gasteiger partial charge in [-0.05, 0) is 73.0 Å². The van der Waals surface area contributed by atoms with E-state index < -0.39 is 5.41 Å². The number of carbonyl (C=O) groups excluding carboxylic acids is 1. The second-order valence-corrected chi connectivity index (χ2v) is 8.62. The van der Waals surface area contributed by atoms with Crippen LogP contribution in [0.25, 0.3) is 5.82 Å². The molecule has 1 amide bonds. The van der Waals surface area contributed by atoms with Crippen molar-refractivity contribution in [3.05, 3.63) is 89.7 Å². The van der Waals surface area contributed by atoms with Gasteiger partial charge in [-0.2, -0.15) is 5.10 Å². The number of rotatable bonds is 6. The predicted octanol–water partition coefficient (Wildman–Crippen LogP) is 5.51. The van der Waals surface area contributed by atoms with Crippen LogP contribution in [0, 0.1) is 0 Å². The van der Waals surface area contributed by atoms with Gasteiger partial charge in [0.25, 0.3) is 0 Å². The highest BCUT2D eigenvalue weighted by molar-refractivity contribution is 6.30. The number of amides is 1. The Morgan fingerprint density at radius 3 is 2.27 bits per heavy atom. The Balaban J connectivity index is 1.26. The van der Waals surface area contributed by atoms with Crippen molar-refractivity contribution in [2.75, 3.05) is 10.6 Å². The van der Waals surface area contributed by atoms with Crippen LogP contribution in [0.4, 0.5) is 17.2 Å². The summed E-state index contributed by atoms with van der Waals surface area (Å²) < 4.78 is 1.65. The minimum absolute atomic E-state index is 0.0307. The number of halogens is 1. The Morgan fingerprint density at radius 1 is 0.909 bits per heavy atom. The first kappa shape index (κ1) is 21.2. The molecule has 1 saturated carbocycles. The molecule has 166 valence electrons. The van der Waals surface area contributed by atoms with Gasteiger partial charge in [0.2, 0.25) is 5.91 Å². The SMILES string of the molecule is O=C(Nc1ccc(Nc2ccc(-n3cccn3)nn2)cc1)C1(c2ccc(Cl)cc2)CCCC1. The molecule has 8 heteroatoms. The summed E-state index contributed by atoms with van der Waals surface area (Å²) in [6.45, 7) is 0. The van der Waals surface area contributed by atoms with Gasteiger partial charge in [0.05, 0.1) is 5.41 Å². The molecule has 2 heterocycles. The summed E-state index contributed by atoms with van der Waals surface area (Å²) in [5.74, 6) is 1.29. The number of hydrogen-bond acceptors (Lipinski definition) is 5. The number of nitrogens with zero attached hydrogens (tertiary/aromatic N) is 4. The van der Waals surface area contributed by atoms with Crippen molar-refractivity contribution in [3.8, 4) is 5.82 Å². The van der Waals surface area contributed by atoms with Crippen LogP contribution in [-0.2, 0) is 10.2 Å². The molecule has 2 aromatic heterocycles. The van der Waals surface area contributed by atoms with E-state index in [2.05, 4.69) is 25.9 Å². The molecule has 0 bridgehead atoms. The van der Waals surface area contributed by atoms with E-state index in [0.717, 1.165) is 42.6 Å². The van der Waals surface area contributed by atoms with Gasteiger partial charge in [-0.25, -0.2) is 4.68 Å². The van der Waals surface area contributed by atoms with Gasteiger partial charge in [0.15, 0.2) is 11.6 Å². The van der Waals surface area contributed by atoms with Crippen molar-refractivity contribution < 1.29 is 4.79 Å². The van der Waals surface area contributed by atoms with Crippen molar-refractivity contribution >= 4 is 34.7 Å². The van der Waals surface area contributed by atoms with Crippen LogP contribution in [0.5, 0.6) is 0 Å². The summed E-state index contributed by atoms with van der Waals surface area (Å²) >= 11 is 6.06. The fourth-order valence-electron chi connectivity index (χ4n) is 4.35. The Labute approximate surface area is 196 Å². The maximum Gasteiger partial charge on any atom is 0.235 e. The molecular formula is C25H23ClN6O. The van der Waals surface area contributed by atoms with Crippen LogP contribution < -0.4 is 10.6 Å². The quantitative estimate of drug-likeness (QED) is 0.398. The normalized spacial score (nSPS) is 14.7. The van der Waals surface area contributed by atoms with Gasteiger partial charge in [-0.15, -0.1) is 10.2 Å². The van der Waals surface area contributed by atoms with E-state index in [1.165, 1.54) is 0 Å². The topological polar surface area (TPSA) is 84.7 Å². The molecular weight excluding hydrogens is 436 g/mol. The zero-order chi connectivity index (χ0) is 22.7. The predicted molar refractivity (Wildman–Crippen MR) is 129 cm³/mol. The van der Waals surface area contributed by atoms with Crippen LogP contribution in [0.1, 0.15) is 31.2 Å². The summed E-state index contributed by atoms with van der Waals surface area (Å²) in [4.78, 5) is 13.3. The average Bonchev–Trinajstić information content (AvgIpc) is 3.55. The molecule has 0 aliphatic heterocycles. The average molecular weight is 459 g/mol. The zero-order valence-corrected chi connectivity index (χ0v) is 18.7. The number of benzene rings is 2. The minimum Gasteiger partial charge on any atom is -0.339 e. The zero-order valence-electron chi connectivity index (χ0n) is 17.9. The van der Waals surface area contributed by atoms with Crippen molar-refractivity contribution in [1.29, 1.82) is 0 Å². The number of nitrogens with one attached hydrogen (secondary N) is 2. The summed E-state index contributed by atoms with van der Waals surface area (Å²) in [6.07, 6.45) is 7.27. The lowest BCUT2D eigenvalue weighted by molar-refractivity contribution is -0.121. The summed E-state index contributed by atoms with van der Waals surface area (Å²) in [5, 5.41) is 19.5. The van der Waals surface area contributed by atoms with E-state index in [9.17, 15) is 4.79 Å². The largest absolute Gasteiger partial charge is 0.339 e. The van der Waals surface area contributed by atoms with Crippen LogP contribution in [0.3, 0.4) is 0 Å². The summed E-state index contributed by atoms with van der Waals surface area (Å²) in [7, 11) is 0. The molecule has 0 atom stereocenters. The molecule has 0 radical (unpaired) electrons. The smallest absolute Gasteiger partial charge is 0.235 e. The first-order valence-electron chi connectivity index (χ1n) is 10.9. The standard InChI is InChI=1S/C25H23ClN6O/c26-19-6-4-18(5-7-19)25(14-1-2-15-25)24(33)29-21-10-8-20(9-11-21)28-22-12-13-23(31-30-22)32-17-3-16-27-32/h3-13,16-17H,1-2,14-15H2,(H,28,30)(H,29,33). The Morgan fingerprint density at radius 2 is 1.64 bits per heavy atom. The van der Waals surface area contributed by atoms with Gasteiger partial charge in [-0.3, -0.25) is 4.79 Å². The number of aromatic nitrogens is 4. The summed E-state index contributed by atoms with van der Waals surface area (Å²) in [6, 6.07) is 20.8. The van der Waals surface area contributed by atoms with E-state index in [0.29, 0.717) is 16.7 Å². The third-order valence-corrected chi connectivity index (χ3v) is 6.35. The molecule has 1 fully saturated rings. The first-order valence-corrected chi connectivity index (χ1v) is 11.3. The van der Waals surface area contributed by atoms with E-state index >= 15 is 0 Å². The van der Waals surface area contributed by atoms with Gasteiger partial charge in [0, 0.05) is 28.8 Å². The molecule has 7 nitrogen and oxygen atoms in total. The second-order valence-electron chi connectivity index (χ2n) is 8.18. The number of carbonyl (C=O) groups is 1. The van der Waals surface area contributed by atoms with Crippen LogP contribution in [0.15, 0.2) is 79.1 Å². The third-order valence-electron chi connectivity index (χ3n) is 6.09. The first-order chi connectivity index (χ1) is 16.1. The second kappa shape index (κ2) is 9.03. The summed E-state index contributed by atoms with van der Waals surface area (Å²) in [5.41, 5.74) is 2.12. The van der Waals surface area contributed by atoms with Crippen molar-refractivity contribution in [2.45, 2.75) is 31.1 Å². The third kappa shape index (κ3) is 4.45. The molecule has 0 unspecified atom stereocenters. The van der Waals surface area contributed by atoms with Crippen LogP contribution in [-0.4, -0.2) is 25.9 Å². The maximum atomic E-state index is 13.3. The molecule has 0 spiro atoms. The van der Waals surface area contributed by atoms with E-state index in [1.807, 2.05) is 72.9 Å². The van der Waals surface area contributed by atoms with Crippen molar-refractivity contribution in [1.82, 2.24) is 20.0 Å². The highest BCUT2D eigenvalue weighted by atomic mass is 35.5. The molecule has 0 saturated heterocycles. The lowest BCUT2D eigenvalue weighted by Crippen LogP contribution is -2.37. The van der Waals surface area contributed by atoms with Crippen molar-refractivity contribution in [3.63, 3.8) is 0 Å². The van der Waals surface area contributed by atoms with Gasteiger partial charge in [-0.1, -0.05) is 36.6 Å². The molecule has 1 aliphatic carbocycles. The monoisotopic (exact) mass is 458 g/mol. The molecule has 33 heavy (non-hydrogen) atoms. The molecule has 4 aromatic rings. The lowest BCUT2D eigenvalue weighted by atomic mass is 9.78. The Bertz CT molecular complexity index is 1220. The van der Waals surface area contributed by atoms with E-state index in [4.69, 9.17) is 11.6 Å². The number of anilines is 3. The molecule has 2 N–H and O–H groups in total. The lowest BCUT2D eigenvalue weighted by Gasteiger charge is -2.28. The van der Waals surface area contributed by atoms with E-state index in [-0.39, 0.29) is 5.91 Å². The van der Waals surface area contributed by atoms with Crippen LogP contribution >= 0.6 is 11.6 Å². The Kier molecular flexibility index (Phi) is 5.79. The Hall–Kier alpha value is -3.71. The van der Waals surface area contributed by atoms with Gasteiger partial charge >= 0.3 is 0 Å². The van der Waals surface area contributed by atoms with Gasteiger partial charge in [0.1, 0.15) is 0 Å². The minimum atomic E-state index is -0.507. The maximum absolute atomic E-state index is 13.3.